The van der Waals surface area contributed by atoms with Crippen LogP contribution in [-0.4, -0.2) is 38.0 Å². The number of carbonyl (C=O) groups excluding carboxylic acids is 3. The van der Waals surface area contributed by atoms with Crippen molar-refractivity contribution in [2.45, 2.75) is 38.5 Å². The number of hydrogen-bond acceptors (Lipinski definition) is 4. The Morgan fingerprint density at radius 3 is 2.54 bits per heavy atom. The summed E-state index contributed by atoms with van der Waals surface area (Å²) in [6.07, 6.45) is 4.35. The third-order valence-electron chi connectivity index (χ3n) is 4.09. The molecule has 0 radical (unpaired) electrons. The van der Waals surface area contributed by atoms with Gasteiger partial charge in [0.15, 0.2) is 0 Å². The first-order valence-corrected chi connectivity index (χ1v) is 8.37. The van der Waals surface area contributed by atoms with Gasteiger partial charge < -0.3 is 15.0 Å². The van der Waals surface area contributed by atoms with E-state index in [2.05, 4.69) is 10.1 Å². The monoisotopic (exact) mass is 332 g/mol. The minimum atomic E-state index is -0.199. The minimum Gasteiger partial charge on any atom is -0.469 e. The molecule has 24 heavy (non-hydrogen) atoms. The second kappa shape index (κ2) is 9.05. The average Bonchev–Trinajstić information content (AvgIpc) is 3.03. The Labute approximate surface area is 142 Å². The largest absolute Gasteiger partial charge is 0.469 e. The molecule has 1 N–H and O–H groups in total. The van der Waals surface area contributed by atoms with Crippen molar-refractivity contribution in [1.82, 2.24) is 5.32 Å². The molecule has 1 aliphatic heterocycles. The fourth-order valence-corrected chi connectivity index (χ4v) is 2.69. The summed E-state index contributed by atoms with van der Waals surface area (Å²) in [5, 5.41) is 2.86. The van der Waals surface area contributed by atoms with Crippen molar-refractivity contribution in [2.24, 2.45) is 0 Å². The zero-order valence-electron chi connectivity index (χ0n) is 14.0. The van der Waals surface area contributed by atoms with E-state index in [0.717, 1.165) is 37.9 Å². The minimum absolute atomic E-state index is 0.123. The molecule has 6 nitrogen and oxygen atoms in total. The molecule has 0 aromatic heterocycles. The molecule has 2 amide bonds. The third-order valence-corrected chi connectivity index (χ3v) is 4.09. The second-order valence-corrected chi connectivity index (χ2v) is 5.84. The second-order valence-electron chi connectivity index (χ2n) is 5.84. The predicted molar refractivity (Wildman–Crippen MR) is 90.8 cm³/mol. The molecule has 1 saturated heterocycles. The molecular formula is C18H24N2O4. The fraction of sp³-hybridized carbons (Fsp3) is 0.500. The Bertz CT molecular complexity index is 583. The van der Waals surface area contributed by atoms with Crippen molar-refractivity contribution in [3.8, 4) is 0 Å². The fourth-order valence-electron chi connectivity index (χ4n) is 2.69. The van der Waals surface area contributed by atoms with E-state index >= 15 is 0 Å². The lowest BCUT2D eigenvalue weighted by molar-refractivity contribution is -0.140. The molecule has 1 aromatic rings. The normalized spacial score (nSPS) is 13.9. The van der Waals surface area contributed by atoms with E-state index in [1.807, 2.05) is 12.1 Å². The van der Waals surface area contributed by atoms with Gasteiger partial charge in [-0.3, -0.25) is 14.4 Å². The highest BCUT2D eigenvalue weighted by Crippen LogP contribution is 2.21. The summed E-state index contributed by atoms with van der Waals surface area (Å²) in [5.41, 5.74) is 1.43. The zero-order chi connectivity index (χ0) is 17.4. The average molecular weight is 332 g/mol. The smallest absolute Gasteiger partial charge is 0.305 e. The number of methoxy groups -OCH3 is 1. The Hall–Kier alpha value is -2.37. The number of hydrogen-bond donors (Lipinski definition) is 1. The lowest BCUT2D eigenvalue weighted by Crippen LogP contribution is -2.25. The molecular weight excluding hydrogens is 308 g/mol. The molecule has 0 aliphatic carbocycles. The van der Waals surface area contributed by atoms with Crippen LogP contribution < -0.4 is 10.2 Å². The number of unbranched alkanes of at least 4 members (excludes halogenated alkanes) is 2. The first-order valence-electron chi connectivity index (χ1n) is 8.37. The molecule has 0 unspecified atom stereocenters. The van der Waals surface area contributed by atoms with Crippen molar-refractivity contribution >= 4 is 23.5 Å². The van der Waals surface area contributed by atoms with E-state index in [-0.39, 0.29) is 17.8 Å². The number of ether oxygens (including phenoxy) is 1. The quantitative estimate of drug-likeness (QED) is 0.585. The summed E-state index contributed by atoms with van der Waals surface area (Å²) in [4.78, 5) is 36.5. The van der Waals surface area contributed by atoms with Gasteiger partial charge in [0.1, 0.15) is 0 Å². The van der Waals surface area contributed by atoms with Crippen LogP contribution in [0.5, 0.6) is 0 Å². The van der Waals surface area contributed by atoms with E-state index < -0.39 is 0 Å². The number of rotatable bonds is 8. The summed E-state index contributed by atoms with van der Waals surface area (Å²) < 4.78 is 4.57. The van der Waals surface area contributed by atoms with Crippen molar-refractivity contribution < 1.29 is 19.1 Å². The van der Waals surface area contributed by atoms with Gasteiger partial charge >= 0.3 is 5.97 Å². The Morgan fingerprint density at radius 1 is 1.17 bits per heavy atom. The molecule has 1 fully saturated rings. The van der Waals surface area contributed by atoms with E-state index in [1.54, 1.807) is 17.0 Å². The SMILES string of the molecule is COC(=O)CCCCCNC(=O)c1ccc(N2CCCC2=O)cc1. The van der Waals surface area contributed by atoms with Crippen LogP contribution in [0.25, 0.3) is 0 Å². The highest BCUT2D eigenvalue weighted by molar-refractivity contribution is 5.97. The van der Waals surface area contributed by atoms with Gasteiger partial charge in [0.2, 0.25) is 5.91 Å². The summed E-state index contributed by atoms with van der Waals surface area (Å²) in [6, 6.07) is 7.12. The van der Waals surface area contributed by atoms with Gasteiger partial charge in [-0.25, -0.2) is 0 Å². The number of amides is 2. The van der Waals surface area contributed by atoms with Gasteiger partial charge in [-0.15, -0.1) is 0 Å². The van der Waals surface area contributed by atoms with Gasteiger partial charge in [0, 0.05) is 37.2 Å². The number of nitrogens with zero attached hydrogens (tertiary/aromatic N) is 1. The van der Waals surface area contributed by atoms with Gasteiger partial charge in [-0.2, -0.15) is 0 Å². The van der Waals surface area contributed by atoms with Crippen molar-refractivity contribution in [2.75, 3.05) is 25.1 Å². The van der Waals surface area contributed by atoms with E-state index in [4.69, 9.17) is 0 Å². The standard InChI is InChI=1S/C18H24N2O4/c1-24-17(22)7-3-2-4-12-19-18(23)14-8-10-15(11-9-14)20-13-5-6-16(20)21/h8-11H,2-7,12-13H2,1H3,(H,19,23). The topological polar surface area (TPSA) is 75.7 Å². The van der Waals surface area contributed by atoms with Crippen LogP contribution >= 0.6 is 0 Å². The van der Waals surface area contributed by atoms with Crippen LogP contribution in [0.1, 0.15) is 48.9 Å². The maximum absolute atomic E-state index is 12.1. The van der Waals surface area contributed by atoms with Crippen molar-refractivity contribution in [3.05, 3.63) is 29.8 Å². The molecule has 130 valence electrons. The van der Waals surface area contributed by atoms with E-state index in [1.165, 1.54) is 7.11 Å². The lowest BCUT2D eigenvalue weighted by atomic mass is 10.1. The number of benzene rings is 1. The molecule has 0 spiro atoms. The Morgan fingerprint density at radius 2 is 1.92 bits per heavy atom. The molecule has 0 bridgehead atoms. The van der Waals surface area contributed by atoms with Crippen LogP contribution in [0.3, 0.4) is 0 Å². The Kier molecular flexibility index (Phi) is 6.78. The summed E-state index contributed by atoms with van der Waals surface area (Å²) >= 11 is 0. The van der Waals surface area contributed by atoms with Crippen LogP contribution in [0.4, 0.5) is 5.69 Å². The van der Waals surface area contributed by atoms with Gasteiger partial charge in [0.05, 0.1) is 7.11 Å². The van der Waals surface area contributed by atoms with Crippen LogP contribution in [-0.2, 0) is 14.3 Å². The lowest BCUT2D eigenvalue weighted by Gasteiger charge is -2.15. The van der Waals surface area contributed by atoms with E-state index in [0.29, 0.717) is 24.9 Å². The zero-order valence-corrected chi connectivity index (χ0v) is 14.0. The third kappa shape index (κ3) is 5.08. The Balaban J connectivity index is 1.71. The molecule has 1 heterocycles. The highest BCUT2D eigenvalue weighted by atomic mass is 16.5. The maximum atomic E-state index is 12.1. The van der Waals surface area contributed by atoms with Crippen LogP contribution in [0, 0.1) is 0 Å². The predicted octanol–water partition coefficient (Wildman–Crippen LogP) is 2.28. The summed E-state index contributed by atoms with van der Waals surface area (Å²) in [6.45, 7) is 1.32. The number of nitrogens with one attached hydrogen (secondary N) is 1. The molecule has 0 atom stereocenters. The maximum Gasteiger partial charge on any atom is 0.305 e. The molecule has 1 aromatic carbocycles. The molecule has 6 heteroatoms. The van der Waals surface area contributed by atoms with E-state index in [9.17, 15) is 14.4 Å². The molecule has 1 aliphatic rings. The number of anilines is 1. The molecule has 2 rings (SSSR count). The van der Waals surface area contributed by atoms with Crippen LogP contribution in [0.2, 0.25) is 0 Å². The van der Waals surface area contributed by atoms with Gasteiger partial charge in [-0.1, -0.05) is 6.42 Å². The van der Waals surface area contributed by atoms with Crippen molar-refractivity contribution in [1.29, 1.82) is 0 Å². The highest BCUT2D eigenvalue weighted by Gasteiger charge is 2.21. The van der Waals surface area contributed by atoms with Crippen LogP contribution in [0.15, 0.2) is 24.3 Å². The van der Waals surface area contributed by atoms with Gasteiger partial charge in [-0.05, 0) is 43.5 Å². The first kappa shape index (κ1) is 18.0. The number of carbonyl (C=O) groups is 3. The van der Waals surface area contributed by atoms with Crippen molar-refractivity contribution in [3.63, 3.8) is 0 Å². The summed E-state index contributed by atoms with van der Waals surface area (Å²) in [5.74, 6) is -0.183. The number of esters is 1. The summed E-state index contributed by atoms with van der Waals surface area (Å²) in [7, 11) is 1.38. The molecule has 0 saturated carbocycles. The first-order chi connectivity index (χ1) is 11.6. The van der Waals surface area contributed by atoms with Gasteiger partial charge in [0.25, 0.3) is 5.91 Å².